The van der Waals surface area contributed by atoms with Crippen LogP contribution in [-0.4, -0.2) is 31.2 Å². The number of primary amides is 1. The van der Waals surface area contributed by atoms with Crippen LogP contribution in [0.25, 0.3) is 0 Å². The van der Waals surface area contributed by atoms with Gasteiger partial charge in [0.25, 0.3) is 5.91 Å². The number of esters is 1. The molecule has 0 radical (unpaired) electrons. The summed E-state index contributed by atoms with van der Waals surface area (Å²) in [6.07, 6.45) is 0.980. The zero-order valence-electron chi connectivity index (χ0n) is 13.3. The van der Waals surface area contributed by atoms with E-state index in [-0.39, 0.29) is 5.56 Å². The van der Waals surface area contributed by atoms with Crippen LogP contribution in [0.4, 0.5) is 0 Å². The van der Waals surface area contributed by atoms with Crippen molar-refractivity contribution < 1.29 is 23.8 Å². The number of rotatable bonds is 9. The van der Waals surface area contributed by atoms with Crippen LogP contribution in [-0.2, 0) is 9.53 Å². The second-order valence-corrected chi connectivity index (χ2v) is 4.75. The molecule has 0 aliphatic rings. The molecule has 0 aliphatic heterocycles. The van der Waals surface area contributed by atoms with Crippen LogP contribution in [0.3, 0.4) is 0 Å². The molecule has 0 saturated carbocycles. The molecule has 0 aliphatic carbocycles. The van der Waals surface area contributed by atoms with Crippen molar-refractivity contribution in [1.82, 2.24) is 0 Å². The number of hydrogen-bond donors (Lipinski definition) is 1. The minimum absolute atomic E-state index is 0.277. The van der Waals surface area contributed by atoms with E-state index in [1.807, 2.05) is 6.92 Å². The van der Waals surface area contributed by atoms with E-state index in [4.69, 9.17) is 19.9 Å². The highest BCUT2D eigenvalue weighted by molar-refractivity contribution is 5.92. The predicted octanol–water partition coefficient (Wildman–Crippen LogP) is 2.29. The minimum Gasteiger partial charge on any atom is -0.490 e. The lowest BCUT2D eigenvalue weighted by Crippen LogP contribution is -2.30. The lowest BCUT2D eigenvalue weighted by molar-refractivity contribution is -0.125. The Hall–Kier alpha value is -2.24. The molecule has 0 spiro atoms. The van der Waals surface area contributed by atoms with Gasteiger partial charge in [-0.15, -0.1) is 0 Å². The Bertz CT molecular complexity index is 515. The van der Waals surface area contributed by atoms with Gasteiger partial charge in [0.2, 0.25) is 0 Å². The summed E-state index contributed by atoms with van der Waals surface area (Å²) in [5, 5.41) is 0. The first-order valence-corrected chi connectivity index (χ1v) is 7.39. The van der Waals surface area contributed by atoms with Crippen molar-refractivity contribution in [3.8, 4) is 11.5 Å². The van der Waals surface area contributed by atoms with Crippen molar-refractivity contribution in [2.75, 3.05) is 13.2 Å². The maximum Gasteiger partial charge on any atom is 0.339 e. The Balaban J connectivity index is 2.86. The van der Waals surface area contributed by atoms with Crippen LogP contribution >= 0.6 is 0 Å². The monoisotopic (exact) mass is 309 g/mol. The van der Waals surface area contributed by atoms with E-state index < -0.39 is 18.0 Å². The van der Waals surface area contributed by atoms with Gasteiger partial charge in [0, 0.05) is 0 Å². The van der Waals surface area contributed by atoms with Crippen LogP contribution in [0.15, 0.2) is 18.2 Å². The van der Waals surface area contributed by atoms with Crippen LogP contribution in [0, 0.1) is 0 Å². The molecule has 1 amide bonds. The molecule has 1 atom stereocenters. The fourth-order valence-corrected chi connectivity index (χ4v) is 1.64. The number of ether oxygens (including phenoxy) is 3. The second kappa shape index (κ2) is 8.92. The van der Waals surface area contributed by atoms with Gasteiger partial charge in [-0.1, -0.05) is 13.3 Å². The number of amides is 1. The number of carbonyl (C=O) groups is 2. The highest BCUT2D eigenvalue weighted by Crippen LogP contribution is 2.29. The van der Waals surface area contributed by atoms with E-state index in [0.717, 1.165) is 12.8 Å². The molecule has 2 N–H and O–H groups in total. The normalized spacial score (nSPS) is 11.6. The van der Waals surface area contributed by atoms with Crippen LogP contribution in [0.2, 0.25) is 0 Å². The molecule has 0 fully saturated rings. The van der Waals surface area contributed by atoms with Gasteiger partial charge in [-0.3, -0.25) is 4.79 Å². The zero-order valence-corrected chi connectivity index (χ0v) is 13.3. The quantitative estimate of drug-likeness (QED) is 0.558. The van der Waals surface area contributed by atoms with Crippen LogP contribution < -0.4 is 15.2 Å². The number of benzene rings is 1. The SMILES string of the molecule is CCCCOc1ccc(C(=O)O[C@H](C)C(N)=O)cc1OCC. The fourth-order valence-electron chi connectivity index (χ4n) is 1.64. The topological polar surface area (TPSA) is 87.9 Å². The maximum absolute atomic E-state index is 12.0. The zero-order chi connectivity index (χ0) is 16.5. The molecule has 0 saturated heterocycles. The summed E-state index contributed by atoms with van der Waals surface area (Å²) in [6.45, 7) is 6.37. The molecule has 22 heavy (non-hydrogen) atoms. The molecule has 0 aromatic heterocycles. The fraction of sp³-hybridized carbons (Fsp3) is 0.500. The van der Waals surface area contributed by atoms with E-state index in [2.05, 4.69) is 6.92 Å². The van der Waals surface area contributed by atoms with Gasteiger partial charge in [0.05, 0.1) is 18.8 Å². The number of carbonyl (C=O) groups excluding carboxylic acids is 2. The predicted molar refractivity (Wildman–Crippen MR) is 82.1 cm³/mol. The van der Waals surface area contributed by atoms with Crippen LogP contribution in [0.5, 0.6) is 11.5 Å². The van der Waals surface area contributed by atoms with Gasteiger partial charge in [-0.2, -0.15) is 0 Å². The lowest BCUT2D eigenvalue weighted by atomic mass is 10.2. The maximum atomic E-state index is 12.0. The van der Waals surface area contributed by atoms with Crippen molar-refractivity contribution in [3.05, 3.63) is 23.8 Å². The third-order valence-electron chi connectivity index (χ3n) is 2.92. The van der Waals surface area contributed by atoms with Gasteiger partial charge in [0.15, 0.2) is 17.6 Å². The summed E-state index contributed by atoms with van der Waals surface area (Å²) < 4.78 is 16.1. The average Bonchev–Trinajstić information content (AvgIpc) is 2.48. The Morgan fingerprint density at radius 3 is 2.50 bits per heavy atom. The standard InChI is InChI=1S/C16H23NO5/c1-4-6-9-21-13-8-7-12(10-14(13)20-5-2)16(19)22-11(3)15(17)18/h7-8,10-11H,4-6,9H2,1-3H3,(H2,17,18)/t11-/m1/s1. The molecule has 0 unspecified atom stereocenters. The van der Waals surface area contributed by atoms with Gasteiger partial charge in [0.1, 0.15) is 0 Å². The van der Waals surface area contributed by atoms with E-state index in [0.29, 0.717) is 24.7 Å². The van der Waals surface area contributed by atoms with Gasteiger partial charge < -0.3 is 19.9 Å². The number of hydrogen-bond acceptors (Lipinski definition) is 5. The summed E-state index contributed by atoms with van der Waals surface area (Å²) in [6, 6.07) is 4.77. The second-order valence-electron chi connectivity index (χ2n) is 4.75. The molecular weight excluding hydrogens is 286 g/mol. The first-order valence-electron chi connectivity index (χ1n) is 7.39. The smallest absolute Gasteiger partial charge is 0.339 e. The third kappa shape index (κ3) is 5.27. The van der Waals surface area contributed by atoms with Gasteiger partial charge >= 0.3 is 5.97 Å². The molecule has 0 heterocycles. The largest absolute Gasteiger partial charge is 0.490 e. The molecule has 1 rings (SSSR count). The molecule has 1 aromatic rings. The Kier molecular flexibility index (Phi) is 7.22. The number of nitrogens with two attached hydrogens (primary N) is 1. The Morgan fingerprint density at radius 2 is 1.91 bits per heavy atom. The third-order valence-corrected chi connectivity index (χ3v) is 2.92. The summed E-state index contributed by atoms with van der Waals surface area (Å²) in [5.41, 5.74) is 5.35. The van der Waals surface area contributed by atoms with Gasteiger partial charge in [-0.05, 0) is 38.5 Å². The highest BCUT2D eigenvalue weighted by atomic mass is 16.5. The molecule has 1 aromatic carbocycles. The molecular formula is C16H23NO5. The Labute approximate surface area is 130 Å². The summed E-state index contributed by atoms with van der Waals surface area (Å²) >= 11 is 0. The molecule has 122 valence electrons. The summed E-state index contributed by atoms with van der Waals surface area (Å²) in [4.78, 5) is 22.9. The van der Waals surface area contributed by atoms with Crippen molar-refractivity contribution in [1.29, 1.82) is 0 Å². The molecule has 0 bridgehead atoms. The first-order chi connectivity index (χ1) is 10.5. The lowest BCUT2D eigenvalue weighted by Gasteiger charge is -2.14. The van der Waals surface area contributed by atoms with Gasteiger partial charge in [-0.25, -0.2) is 4.79 Å². The Morgan fingerprint density at radius 1 is 1.18 bits per heavy atom. The summed E-state index contributed by atoms with van der Waals surface area (Å²) in [5.74, 6) is -0.278. The van der Waals surface area contributed by atoms with E-state index in [1.165, 1.54) is 6.92 Å². The number of unbranched alkanes of at least 4 members (excludes halogenated alkanes) is 1. The van der Waals surface area contributed by atoms with Crippen molar-refractivity contribution in [3.63, 3.8) is 0 Å². The molecule has 6 heteroatoms. The van der Waals surface area contributed by atoms with Crippen LogP contribution in [0.1, 0.15) is 44.0 Å². The van der Waals surface area contributed by atoms with E-state index in [9.17, 15) is 9.59 Å². The summed E-state index contributed by atoms with van der Waals surface area (Å²) in [7, 11) is 0. The van der Waals surface area contributed by atoms with E-state index >= 15 is 0 Å². The van der Waals surface area contributed by atoms with Crippen molar-refractivity contribution >= 4 is 11.9 Å². The van der Waals surface area contributed by atoms with Crippen molar-refractivity contribution in [2.45, 2.75) is 39.7 Å². The minimum atomic E-state index is -0.983. The van der Waals surface area contributed by atoms with E-state index in [1.54, 1.807) is 18.2 Å². The first kappa shape index (κ1) is 17.8. The van der Waals surface area contributed by atoms with Crippen molar-refractivity contribution in [2.24, 2.45) is 5.73 Å². The highest BCUT2D eigenvalue weighted by Gasteiger charge is 2.18. The molecule has 6 nitrogen and oxygen atoms in total. The average molecular weight is 309 g/mol.